The number of ether oxygens (including phenoxy) is 4. The fourth-order valence-corrected chi connectivity index (χ4v) is 8.19. The van der Waals surface area contributed by atoms with Crippen molar-refractivity contribution in [1.82, 2.24) is 18.3 Å². The molecule has 3 N–H and O–H groups in total. The molecule has 0 bridgehead atoms. The highest BCUT2D eigenvalue weighted by atomic mass is 16.7. The van der Waals surface area contributed by atoms with E-state index >= 15 is 0 Å². The number of para-hydroxylation sites is 2. The van der Waals surface area contributed by atoms with Crippen molar-refractivity contribution >= 4 is 41.0 Å². The van der Waals surface area contributed by atoms with Crippen molar-refractivity contribution in [2.24, 2.45) is 28.2 Å². The average molecular weight is 926 g/mol. The van der Waals surface area contributed by atoms with E-state index in [-0.39, 0.29) is 54.4 Å². The maximum absolute atomic E-state index is 13.6. The molecule has 2 aliphatic heterocycles. The van der Waals surface area contributed by atoms with E-state index in [0.717, 1.165) is 33.5 Å². The number of hydrogen-bond acceptors (Lipinski definition) is 14. The highest BCUT2D eigenvalue weighted by Gasteiger charge is 2.44. The van der Waals surface area contributed by atoms with Crippen LogP contribution in [0.5, 0.6) is 23.0 Å². The van der Waals surface area contributed by atoms with Crippen molar-refractivity contribution in [2.75, 3.05) is 19.3 Å². The second-order valence-corrected chi connectivity index (χ2v) is 15.6. The number of anilines is 1. The molecule has 5 aliphatic rings. The summed E-state index contributed by atoms with van der Waals surface area (Å²) in [5.41, 5.74) is 10.1. The molecule has 2 aromatic heterocycles. The van der Waals surface area contributed by atoms with E-state index in [1.807, 2.05) is 36.4 Å². The number of carboxylic acids is 1. The van der Waals surface area contributed by atoms with E-state index < -0.39 is 23.1 Å². The molecule has 3 aliphatic carbocycles. The number of benzene rings is 4. The quantitative estimate of drug-likeness (QED) is 0.186. The minimum atomic E-state index is -0.833. The Hall–Kier alpha value is -8.87. The number of ketones is 3. The maximum atomic E-state index is 13.6. The van der Waals surface area contributed by atoms with Crippen LogP contribution in [0.15, 0.2) is 116 Å². The standard InChI is InChI=1S/C24H18N2O5.C9H6O2.C8H6O3.C6H9N3O2.C2H4O2/c1-25-16-10-15-12-6-3-4-7-13(12)21(27)19(15)18(20(16)23(28)26(2)24(25)29)14-8-5-9-17-22(14)31-11-30-17;10-8-5-9(11)7-4-2-1-3-6(7)8;9-4-6-2-1-3-7-8(6)11-5-10-7;1-8-4(7)3-5(10)9(2)6(8)11;1-2(3)4/h3-9,18H,10-11H2,1-2H3;2*1-4H,5H2;3H,7H2,1-2H3;1H3,(H,3,4). The van der Waals surface area contributed by atoms with Gasteiger partial charge in [-0.05, 0) is 29.3 Å². The first-order chi connectivity index (χ1) is 32.5. The predicted molar refractivity (Wildman–Crippen MR) is 245 cm³/mol. The summed E-state index contributed by atoms with van der Waals surface area (Å²) in [5, 5.41) is 7.42. The van der Waals surface area contributed by atoms with E-state index in [0.29, 0.717) is 74.1 Å². The molecule has 19 nitrogen and oxygen atoms in total. The van der Waals surface area contributed by atoms with Crippen LogP contribution in [-0.2, 0) is 39.4 Å². The van der Waals surface area contributed by atoms with Gasteiger partial charge in [0.05, 0.1) is 12.0 Å². The number of carboxylic acid groups (broad SMARTS) is 1. The summed E-state index contributed by atoms with van der Waals surface area (Å²) in [6.07, 6.45) is 1.16. The number of rotatable bonds is 2. The summed E-state index contributed by atoms with van der Waals surface area (Å²) in [5.74, 6) is 0.823. The number of carbonyl (C=O) groups excluding carboxylic acids is 4. The molecule has 4 heterocycles. The summed E-state index contributed by atoms with van der Waals surface area (Å²) in [4.78, 5) is 103. The Labute approximate surface area is 385 Å². The lowest BCUT2D eigenvalue weighted by Crippen LogP contribution is -2.43. The first-order valence-electron chi connectivity index (χ1n) is 20.7. The molecule has 348 valence electrons. The van der Waals surface area contributed by atoms with Crippen LogP contribution in [-0.4, -0.2) is 66.6 Å². The summed E-state index contributed by atoms with van der Waals surface area (Å²) in [7, 11) is 6.05. The van der Waals surface area contributed by atoms with Crippen LogP contribution in [0.1, 0.15) is 83.1 Å². The Morgan fingerprint density at radius 2 is 1.18 bits per heavy atom. The van der Waals surface area contributed by atoms with Gasteiger partial charge in [-0.3, -0.25) is 51.8 Å². The highest BCUT2D eigenvalue weighted by Crippen LogP contribution is 2.51. The molecule has 11 rings (SSSR count). The number of Topliss-reactive ketones (excluding diaryl/α,β-unsaturated/α-hetero) is 3. The van der Waals surface area contributed by atoms with Crippen LogP contribution in [0.3, 0.4) is 0 Å². The first-order valence-corrected chi connectivity index (χ1v) is 20.7. The highest BCUT2D eigenvalue weighted by molar-refractivity contribution is 6.24. The van der Waals surface area contributed by atoms with Crippen LogP contribution < -0.4 is 47.2 Å². The van der Waals surface area contributed by atoms with Crippen LogP contribution in [0.2, 0.25) is 0 Å². The summed E-state index contributed by atoms with van der Waals surface area (Å²) in [6, 6.07) is 26.3. The smallest absolute Gasteiger partial charge is 0.332 e. The van der Waals surface area contributed by atoms with Crippen molar-refractivity contribution in [3.8, 4) is 23.0 Å². The third-order valence-electron chi connectivity index (χ3n) is 11.5. The Morgan fingerprint density at radius 3 is 1.78 bits per heavy atom. The number of nitrogens with two attached hydrogens (primary N) is 1. The Balaban J connectivity index is 0.000000151. The van der Waals surface area contributed by atoms with Gasteiger partial charge in [-0.1, -0.05) is 66.7 Å². The molecule has 0 spiro atoms. The minimum Gasteiger partial charge on any atom is -0.481 e. The molecule has 0 saturated carbocycles. The second kappa shape index (κ2) is 19.3. The number of hydrogen-bond donors (Lipinski definition) is 2. The molecular weight excluding hydrogens is 883 g/mol. The molecule has 6 aromatic rings. The topological polar surface area (TPSA) is 257 Å². The van der Waals surface area contributed by atoms with Crippen LogP contribution >= 0.6 is 0 Å². The van der Waals surface area contributed by atoms with Gasteiger partial charge < -0.3 is 29.8 Å². The number of aldehydes is 1. The van der Waals surface area contributed by atoms with E-state index in [9.17, 15) is 38.4 Å². The largest absolute Gasteiger partial charge is 0.481 e. The third-order valence-corrected chi connectivity index (χ3v) is 11.5. The predicted octanol–water partition coefficient (Wildman–Crippen LogP) is 3.59. The molecule has 0 fully saturated rings. The number of aliphatic carboxylic acids is 1. The summed E-state index contributed by atoms with van der Waals surface area (Å²) >= 11 is 0. The molecular formula is C49H43N5O14. The van der Waals surface area contributed by atoms with Gasteiger partial charge in [-0.2, -0.15) is 0 Å². The van der Waals surface area contributed by atoms with E-state index in [1.54, 1.807) is 55.6 Å². The number of aromatic nitrogens is 4. The molecule has 0 amide bonds. The fraction of sp³-hybridized carbons (Fsp3) is 0.204. The maximum Gasteiger partial charge on any atom is 0.332 e. The summed E-state index contributed by atoms with van der Waals surface area (Å²) in [6.45, 7) is 1.37. The second-order valence-electron chi connectivity index (χ2n) is 15.6. The molecule has 4 aromatic carbocycles. The van der Waals surface area contributed by atoms with Crippen LogP contribution in [0.4, 0.5) is 5.82 Å². The lowest BCUT2D eigenvalue weighted by atomic mass is 9.76. The minimum absolute atomic E-state index is 0.0504. The zero-order valence-electron chi connectivity index (χ0n) is 37.3. The number of allylic oxidation sites excluding steroid dienone is 2. The number of carbonyl (C=O) groups is 5. The lowest BCUT2D eigenvalue weighted by molar-refractivity contribution is -0.134. The normalized spacial score (nSPS) is 14.8. The molecule has 0 saturated heterocycles. The Bertz CT molecular complexity index is 3340. The zero-order valence-corrected chi connectivity index (χ0v) is 37.3. The van der Waals surface area contributed by atoms with Gasteiger partial charge in [-0.15, -0.1) is 0 Å². The van der Waals surface area contributed by atoms with Crippen molar-refractivity contribution in [1.29, 1.82) is 0 Å². The van der Waals surface area contributed by atoms with Crippen molar-refractivity contribution in [2.45, 2.75) is 25.7 Å². The van der Waals surface area contributed by atoms with Crippen molar-refractivity contribution in [3.05, 3.63) is 183 Å². The van der Waals surface area contributed by atoms with Crippen LogP contribution in [0, 0.1) is 0 Å². The Kier molecular flexibility index (Phi) is 13.4. The number of fused-ring (bicyclic) bond motifs is 6. The molecule has 68 heavy (non-hydrogen) atoms. The molecule has 1 atom stereocenters. The van der Waals surface area contributed by atoms with Gasteiger partial charge in [0, 0.05) is 92.6 Å². The monoisotopic (exact) mass is 925 g/mol. The van der Waals surface area contributed by atoms with Crippen molar-refractivity contribution in [3.63, 3.8) is 0 Å². The summed E-state index contributed by atoms with van der Waals surface area (Å²) < 4.78 is 26.3. The van der Waals surface area contributed by atoms with Crippen molar-refractivity contribution < 1.29 is 48.0 Å². The van der Waals surface area contributed by atoms with E-state index in [2.05, 4.69) is 0 Å². The van der Waals surface area contributed by atoms with Gasteiger partial charge >= 0.3 is 11.4 Å². The lowest BCUT2D eigenvalue weighted by Gasteiger charge is -2.29. The molecule has 19 heteroatoms. The molecule has 0 radical (unpaired) electrons. The van der Waals surface area contributed by atoms with Gasteiger partial charge in [0.25, 0.3) is 17.1 Å². The van der Waals surface area contributed by atoms with Gasteiger partial charge in [-0.25, -0.2) is 9.59 Å². The molecule has 1 unspecified atom stereocenters. The van der Waals surface area contributed by atoms with Gasteiger partial charge in [0.1, 0.15) is 5.82 Å². The van der Waals surface area contributed by atoms with E-state index in [1.165, 1.54) is 36.3 Å². The fourth-order valence-electron chi connectivity index (χ4n) is 8.19. The van der Waals surface area contributed by atoms with E-state index in [4.69, 9.17) is 34.6 Å². The number of nitrogens with zero attached hydrogens (tertiary/aromatic N) is 4. The SMILES string of the molecule is CC(=O)O.Cn1c(N)cc(=O)n(C)c1=O.Cn1c2c(c(=O)n(C)c1=O)C(c1cccc3c1OCO3)C1=C(C2)c2ccccc2C1=O.O=C1CC(=O)c2ccccc21.O=Cc1cccc2c1OCO2. The van der Waals surface area contributed by atoms with Crippen LogP contribution in [0.25, 0.3) is 5.57 Å². The zero-order chi connectivity index (χ0) is 49.1. The number of nitrogen functional groups attached to an aromatic ring is 1. The Morgan fingerprint density at radius 1 is 0.647 bits per heavy atom. The van der Waals surface area contributed by atoms with Gasteiger partial charge in [0.2, 0.25) is 13.6 Å². The third kappa shape index (κ3) is 8.79. The van der Waals surface area contributed by atoms with Gasteiger partial charge in [0.15, 0.2) is 46.6 Å². The average Bonchev–Trinajstić information content (AvgIpc) is 4.14. The first kappa shape index (κ1) is 47.1.